The Balaban J connectivity index is 2.59. The molecule has 13 heavy (non-hydrogen) atoms. The molecule has 0 aliphatic rings. The maximum Gasteiger partial charge on any atom is 0.181 e. The average Bonchev–Trinajstić information content (AvgIpc) is 2.62. The summed E-state index contributed by atoms with van der Waals surface area (Å²) in [7, 11) is 0. The van der Waals surface area contributed by atoms with Crippen molar-refractivity contribution >= 4 is 15.9 Å². The van der Waals surface area contributed by atoms with Gasteiger partial charge in [-0.25, -0.2) is 9.37 Å². The molecular formula is C9H5BrFNO. The first-order valence-electron chi connectivity index (χ1n) is 3.62. The molecule has 0 radical (unpaired) electrons. The van der Waals surface area contributed by atoms with Crippen molar-refractivity contribution in [2.75, 3.05) is 0 Å². The molecule has 1 aromatic carbocycles. The molecule has 0 unspecified atom stereocenters. The molecule has 0 amide bonds. The van der Waals surface area contributed by atoms with E-state index in [1.807, 2.05) is 0 Å². The summed E-state index contributed by atoms with van der Waals surface area (Å²) >= 11 is 3.09. The second-order valence-electron chi connectivity index (χ2n) is 2.47. The molecule has 1 heterocycles. The van der Waals surface area contributed by atoms with Crippen LogP contribution in [0.5, 0.6) is 0 Å². The molecular weight excluding hydrogens is 237 g/mol. The molecule has 0 atom stereocenters. The number of hydrogen-bond acceptors (Lipinski definition) is 2. The van der Waals surface area contributed by atoms with Crippen LogP contribution in [0.15, 0.2) is 39.7 Å². The SMILES string of the molecule is Fc1c(Br)cccc1-c1cnco1. The van der Waals surface area contributed by atoms with Gasteiger partial charge in [-0.3, -0.25) is 0 Å². The Hall–Kier alpha value is -1.16. The molecule has 0 saturated heterocycles. The zero-order chi connectivity index (χ0) is 9.26. The third kappa shape index (κ3) is 1.49. The van der Waals surface area contributed by atoms with E-state index in [1.165, 1.54) is 12.6 Å². The summed E-state index contributed by atoms with van der Waals surface area (Å²) in [6, 6.07) is 5.01. The molecule has 0 spiro atoms. The van der Waals surface area contributed by atoms with Crippen molar-refractivity contribution in [2.45, 2.75) is 0 Å². The van der Waals surface area contributed by atoms with Gasteiger partial charge < -0.3 is 4.42 Å². The molecule has 0 fully saturated rings. The van der Waals surface area contributed by atoms with E-state index in [9.17, 15) is 4.39 Å². The van der Waals surface area contributed by atoms with Gasteiger partial charge in [0, 0.05) is 0 Å². The van der Waals surface area contributed by atoms with E-state index in [2.05, 4.69) is 20.9 Å². The van der Waals surface area contributed by atoms with E-state index in [4.69, 9.17) is 4.42 Å². The third-order valence-electron chi connectivity index (χ3n) is 1.65. The summed E-state index contributed by atoms with van der Waals surface area (Å²) in [4.78, 5) is 3.72. The molecule has 4 heteroatoms. The number of benzene rings is 1. The highest BCUT2D eigenvalue weighted by Gasteiger charge is 2.09. The standard InChI is InChI=1S/C9H5BrFNO/c10-7-3-1-2-6(9(7)11)8-4-12-5-13-8/h1-5H. The molecule has 2 nitrogen and oxygen atoms in total. The van der Waals surface area contributed by atoms with Crippen molar-refractivity contribution in [3.8, 4) is 11.3 Å². The number of rotatable bonds is 1. The first-order chi connectivity index (χ1) is 6.29. The lowest BCUT2D eigenvalue weighted by Crippen LogP contribution is -1.82. The quantitative estimate of drug-likeness (QED) is 0.767. The summed E-state index contributed by atoms with van der Waals surface area (Å²) in [5.41, 5.74) is 0.409. The van der Waals surface area contributed by atoms with Crippen molar-refractivity contribution in [3.05, 3.63) is 41.1 Å². The molecule has 66 valence electrons. The van der Waals surface area contributed by atoms with Crippen molar-refractivity contribution in [2.24, 2.45) is 0 Å². The third-order valence-corrected chi connectivity index (χ3v) is 2.26. The Kier molecular flexibility index (Phi) is 2.14. The number of aromatic nitrogens is 1. The smallest absolute Gasteiger partial charge is 0.181 e. The predicted molar refractivity (Wildman–Crippen MR) is 49.6 cm³/mol. The van der Waals surface area contributed by atoms with Gasteiger partial charge in [0.15, 0.2) is 12.2 Å². The fourth-order valence-corrected chi connectivity index (χ4v) is 1.41. The van der Waals surface area contributed by atoms with Gasteiger partial charge in [0.05, 0.1) is 16.2 Å². The first kappa shape index (κ1) is 8.44. The topological polar surface area (TPSA) is 26.0 Å². The van der Waals surface area contributed by atoms with E-state index in [-0.39, 0.29) is 5.82 Å². The second kappa shape index (κ2) is 3.30. The maximum atomic E-state index is 13.4. The number of halogens is 2. The molecule has 0 bridgehead atoms. The lowest BCUT2D eigenvalue weighted by molar-refractivity contribution is 0.560. The van der Waals surface area contributed by atoms with E-state index >= 15 is 0 Å². The van der Waals surface area contributed by atoms with Gasteiger partial charge in [0.1, 0.15) is 5.82 Å². The van der Waals surface area contributed by atoms with Gasteiger partial charge in [0.2, 0.25) is 0 Å². The average molecular weight is 242 g/mol. The molecule has 0 N–H and O–H groups in total. The van der Waals surface area contributed by atoms with Crippen LogP contribution in [0, 0.1) is 5.82 Å². The van der Waals surface area contributed by atoms with E-state index in [0.717, 1.165) is 0 Å². The summed E-state index contributed by atoms with van der Waals surface area (Å²) in [6.45, 7) is 0. The molecule has 0 aliphatic carbocycles. The zero-order valence-corrected chi connectivity index (χ0v) is 8.08. The van der Waals surface area contributed by atoms with Gasteiger partial charge in [-0.05, 0) is 28.1 Å². The zero-order valence-electron chi connectivity index (χ0n) is 6.50. The van der Waals surface area contributed by atoms with Crippen LogP contribution >= 0.6 is 15.9 Å². The summed E-state index contributed by atoms with van der Waals surface area (Å²) in [6.07, 6.45) is 2.75. The van der Waals surface area contributed by atoms with Crippen molar-refractivity contribution in [1.82, 2.24) is 4.98 Å². The molecule has 0 aliphatic heterocycles. The van der Waals surface area contributed by atoms with Crippen molar-refractivity contribution in [1.29, 1.82) is 0 Å². The second-order valence-corrected chi connectivity index (χ2v) is 3.32. The van der Waals surface area contributed by atoms with Crippen LogP contribution in [0.3, 0.4) is 0 Å². The Morgan fingerprint density at radius 2 is 2.23 bits per heavy atom. The largest absolute Gasteiger partial charge is 0.443 e. The molecule has 2 rings (SSSR count). The number of oxazole rings is 1. The summed E-state index contributed by atoms with van der Waals surface area (Å²) < 4.78 is 18.8. The molecule has 2 aromatic rings. The highest BCUT2D eigenvalue weighted by atomic mass is 79.9. The highest BCUT2D eigenvalue weighted by Crippen LogP contribution is 2.27. The summed E-state index contributed by atoms with van der Waals surface area (Å²) in [5, 5.41) is 0. The van der Waals surface area contributed by atoms with Crippen LogP contribution in [0.4, 0.5) is 4.39 Å². The van der Waals surface area contributed by atoms with Gasteiger partial charge in [-0.1, -0.05) is 6.07 Å². The van der Waals surface area contributed by atoms with Crippen LogP contribution in [-0.2, 0) is 0 Å². The normalized spacial score (nSPS) is 10.3. The minimum Gasteiger partial charge on any atom is -0.443 e. The highest BCUT2D eigenvalue weighted by molar-refractivity contribution is 9.10. The lowest BCUT2D eigenvalue weighted by atomic mass is 10.2. The molecule has 1 aromatic heterocycles. The van der Waals surface area contributed by atoms with Gasteiger partial charge in [-0.15, -0.1) is 0 Å². The Labute approximate surface area is 82.5 Å². The monoisotopic (exact) mass is 241 g/mol. The van der Waals surface area contributed by atoms with Gasteiger partial charge in [-0.2, -0.15) is 0 Å². The van der Waals surface area contributed by atoms with Crippen LogP contribution < -0.4 is 0 Å². The Morgan fingerprint density at radius 1 is 1.38 bits per heavy atom. The predicted octanol–water partition coefficient (Wildman–Crippen LogP) is 3.24. The van der Waals surface area contributed by atoms with Crippen molar-refractivity contribution in [3.63, 3.8) is 0 Å². The number of nitrogens with zero attached hydrogens (tertiary/aromatic N) is 1. The van der Waals surface area contributed by atoms with Gasteiger partial charge in [0.25, 0.3) is 0 Å². The van der Waals surface area contributed by atoms with E-state index in [0.29, 0.717) is 15.8 Å². The van der Waals surface area contributed by atoms with Crippen LogP contribution in [0.25, 0.3) is 11.3 Å². The van der Waals surface area contributed by atoms with Crippen LogP contribution in [0.1, 0.15) is 0 Å². The lowest BCUT2D eigenvalue weighted by Gasteiger charge is -1.99. The van der Waals surface area contributed by atoms with Crippen molar-refractivity contribution < 1.29 is 8.81 Å². The van der Waals surface area contributed by atoms with Crippen LogP contribution in [-0.4, -0.2) is 4.98 Å². The van der Waals surface area contributed by atoms with Crippen LogP contribution in [0.2, 0.25) is 0 Å². The minimum absolute atomic E-state index is 0.334. The van der Waals surface area contributed by atoms with E-state index < -0.39 is 0 Å². The first-order valence-corrected chi connectivity index (χ1v) is 4.41. The fourth-order valence-electron chi connectivity index (χ4n) is 1.04. The molecule has 0 saturated carbocycles. The summed E-state index contributed by atoms with van der Waals surface area (Å²) in [5.74, 6) is 0.0954. The van der Waals surface area contributed by atoms with Gasteiger partial charge >= 0.3 is 0 Å². The minimum atomic E-state index is -0.334. The number of hydrogen-bond donors (Lipinski definition) is 0. The maximum absolute atomic E-state index is 13.4. The Morgan fingerprint density at radius 3 is 2.92 bits per heavy atom. The fraction of sp³-hybridized carbons (Fsp3) is 0. The Bertz CT molecular complexity index is 414. The van der Waals surface area contributed by atoms with E-state index in [1.54, 1.807) is 18.2 Å².